The average Bonchev–Trinajstić information content (AvgIpc) is 3.70. The van der Waals surface area contributed by atoms with Crippen LogP contribution >= 0.6 is 0 Å². The quantitative estimate of drug-likeness (QED) is 0.181. The maximum atomic E-state index is 4.95. The molecule has 0 spiro atoms. The Hall–Kier alpha value is -6.65. The van der Waals surface area contributed by atoms with E-state index >= 15 is 0 Å². The second-order valence-electron chi connectivity index (χ2n) is 14.9. The first kappa shape index (κ1) is 31.1. The van der Waals surface area contributed by atoms with Crippen LogP contribution in [0, 0.1) is 0 Å². The van der Waals surface area contributed by atoms with Crippen molar-refractivity contribution in [3.05, 3.63) is 182 Å². The number of fused-ring (bicyclic) bond motifs is 7. The van der Waals surface area contributed by atoms with Crippen LogP contribution in [0.3, 0.4) is 0 Å². The van der Waals surface area contributed by atoms with E-state index < -0.39 is 0 Å². The van der Waals surface area contributed by atoms with E-state index in [1.165, 1.54) is 49.2 Å². The van der Waals surface area contributed by atoms with Crippen LogP contribution in [0.4, 0.5) is 17.1 Å². The van der Waals surface area contributed by atoms with Crippen molar-refractivity contribution in [1.29, 1.82) is 0 Å². The molecule has 10 aromatic rings. The lowest BCUT2D eigenvalue weighted by molar-refractivity contribution is 0.591. The second kappa shape index (κ2) is 12.0. The molecule has 254 valence electrons. The molecule has 0 amide bonds. The number of pyridine rings is 1. The number of hydrogen-bond acceptors (Lipinski definition) is 2. The van der Waals surface area contributed by atoms with E-state index in [4.69, 9.17) is 4.98 Å². The van der Waals surface area contributed by atoms with Crippen LogP contribution in [0.1, 0.15) is 26.3 Å². The van der Waals surface area contributed by atoms with Crippen molar-refractivity contribution in [3.63, 3.8) is 0 Å². The number of rotatable bonds is 5. The van der Waals surface area contributed by atoms with Crippen LogP contribution in [0.2, 0.25) is 0 Å². The molecule has 3 heterocycles. The van der Waals surface area contributed by atoms with Crippen molar-refractivity contribution in [2.45, 2.75) is 26.2 Å². The van der Waals surface area contributed by atoms with Crippen molar-refractivity contribution >= 4 is 71.6 Å². The Morgan fingerprint density at radius 3 is 1.62 bits per heavy atom. The molecule has 0 aliphatic carbocycles. The summed E-state index contributed by atoms with van der Waals surface area (Å²) >= 11 is 0. The Kier molecular flexibility index (Phi) is 7.02. The Balaban J connectivity index is 1.26. The summed E-state index contributed by atoms with van der Waals surface area (Å²) < 4.78 is 4.77. The van der Waals surface area contributed by atoms with E-state index in [9.17, 15) is 0 Å². The third kappa shape index (κ3) is 5.02. The van der Waals surface area contributed by atoms with Gasteiger partial charge in [-0.05, 0) is 102 Å². The predicted molar refractivity (Wildman–Crippen MR) is 224 cm³/mol. The summed E-state index contributed by atoms with van der Waals surface area (Å²) in [5.41, 5.74) is 12.5. The fourth-order valence-corrected chi connectivity index (χ4v) is 8.12. The zero-order valence-corrected chi connectivity index (χ0v) is 30.0. The molecule has 0 saturated carbocycles. The topological polar surface area (TPSA) is 26.0 Å². The highest BCUT2D eigenvalue weighted by atomic mass is 15.2. The van der Waals surface area contributed by atoms with Crippen LogP contribution in [-0.4, -0.2) is 14.1 Å². The molecule has 53 heavy (non-hydrogen) atoms. The lowest BCUT2D eigenvalue weighted by Crippen LogP contribution is -2.11. The molecule has 0 atom stereocenters. The smallest absolute Gasteiger partial charge is 0.0942 e. The number of para-hydroxylation sites is 4. The highest BCUT2D eigenvalue weighted by molar-refractivity contribution is 6.13. The van der Waals surface area contributed by atoms with Gasteiger partial charge in [0.2, 0.25) is 0 Å². The van der Waals surface area contributed by atoms with Gasteiger partial charge in [-0.25, -0.2) is 0 Å². The monoisotopic (exact) mass is 682 g/mol. The highest BCUT2D eigenvalue weighted by Crippen LogP contribution is 2.44. The van der Waals surface area contributed by atoms with Gasteiger partial charge in [-0.15, -0.1) is 0 Å². The van der Waals surface area contributed by atoms with Crippen molar-refractivity contribution in [2.75, 3.05) is 4.90 Å². The number of benzene rings is 7. The van der Waals surface area contributed by atoms with Gasteiger partial charge in [0.1, 0.15) is 0 Å². The number of hydrogen-bond donors (Lipinski definition) is 0. The molecule has 4 nitrogen and oxygen atoms in total. The van der Waals surface area contributed by atoms with Crippen molar-refractivity contribution in [3.8, 4) is 11.4 Å². The summed E-state index contributed by atoms with van der Waals surface area (Å²) in [6.07, 6.45) is 1.89. The van der Waals surface area contributed by atoms with Crippen molar-refractivity contribution < 1.29 is 0 Å². The summed E-state index contributed by atoms with van der Waals surface area (Å²) in [6, 6.07) is 61.5. The summed E-state index contributed by atoms with van der Waals surface area (Å²) in [7, 11) is 0. The molecule has 0 aliphatic heterocycles. The van der Waals surface area contributed by atoms with E-state index in [0.717, 1.165) is 39.3 Å². The van der Waals surface area contributed by atoms with Crippen molar-refractivity contribution in [1.82, 2.24) is 14.1 Å². The van der Waals surface area contributed by atoms with Gasteiger partial charge < -0.3 is 14.0 Å². The predicted octanol–water partition coefficient (Wildman–Crippen LogP) is 13.2. The minimum Gasteiger partial charge on any atom is -0.309 e. The van der Waals surface area contributed by atoms with Crippen LogP contribution in [0.25, 0.3) is 65.9 Å². The van der Waals surface area contributed by atoms with Gasteiger partial charge in [-0.2, -0.15) is 0 Å². The second-order valence-corrected chi connectivity index (χ2v) is 14.9. The van der Waals surface area contributed by atoms with Gasteiger partial charge >= 0.3 is 0 Å². The largest absolute Gasteiger partial charge is 0.309 e. The first-order valence-corrected chi connectivity index (χ1v) is 18.3. The van der Waals surface area contributed by atoms with E-state index in [-0.39, 0.29) is 5.41 Å². The minimum absolute atomic E-state index is 0.0158. The average molecular weight is 683 g/mol. The lowest BCUT2D eigenvalue weighted by atomic mass is 9.86. The molecule has 0 saturated heterocycles. The number of nitrogens with zero attached hydrogens (tertiary/aromatic N) is 4. The third-order valence-corrected chi connectivity index (χ3v) is 10.7. The highest BCUT2D eigenvalue weighted by Gasteiger charge is 2.22. The van der Waals surface area contributed by atoms with E-state index in [1.54, 1.807) is 0 Å². The third-order valence-electron chi connectivity index (χ3n) is 10.7. The van der Waals surface area contributed by atoms with Gasteiger partial charge in [0, 0.05) is 55.9 Å². The van der Waals surface area contributed by atoms with E-state index in [0.29, 0.717) is 0 Å². The normalized spacial score (nSPS) is 12.1. The SMILES string of the molecule is CC(C)(C)c1ccc2c(c1)c1cc(N(c3ccc4c(c3)c3ccccc3n4-c3ccccc3)c3cccc4cccnc34)ccc1n2-c1ccccc1. The van der Waals surface area contributed by atoms with E-state index in [1.807, 2.05) is 12.3 Å². The number of anilines is 3. The first-order valence-electron chi connectivity index (χ1n) is 18.3. The zero-order valence-electron chi connectivity index (χ0n) is 30.0. The Morgan fingerprint density at radius 2 is 0.981 bits per heavy atom. The van der Waals surface area contributed by atoms with Crippen LogP contribution in [0.15, 0.2) is 176 Å². The summed E-state index contributed by atoms with van der Waals surface area (Å²) in [6.45, 7) is 6.86. The standard InChI is InChI=1S/C49H38N4/c1-49(2,3)34-23-26-44-40(30-34)42-32-38(25-28-46(42)53(44)36-18-8-5-9-19-36)51(47-22-12-14-33-15-13-29-50-48(33)47)37-24-27-45-41(31-37)39-20-10-11-21-43(39)52(45)35-16-6-4-7-17-35/h4-32H,1-3H3. The van der Waals surface area contributed by atoms with Crippen LogP contribution < -0.4 is 4.90 Å². The first-order chi connectivity index (χ1) is 25.9. The lowest BCUT2D eigenvalue weighted by Gasteiger charge is -2.27. The molecule has 0 bridgehead atoms. The summed E-state index contributed by atoms with van der Waals surface area (Å²) in [4.78, 5) is 7.34. The molecule has 0 fully saturated rings. The zero-order chi connectivity index (χ0) is 35.7. The summed E-state index contributed by atoms with van der Waals surface area (Å²) in [5.74, 6) is 0. The van der Waals surface area contributed by atoms with Crippen LogP contribution in [0.5, 0.6) is 0 Å². The fraction of sp³-hybridized carbons (Fsp3) is 0.0816. The molecule has 10 rings (SSSR count). The van der Waals surface area contributed by atoms with Gasteiger partial charge in [-0.3, -0.25) is 4.98 Å². The minimum atomic E-state index is 0.0158. The van der Waals surface area contributed by atoms with Gasteiger partial charge in [0.25, 0.3) is 0 Å². The Labute approximate surface area is 308 Å². The fourth-order valence-electron chi connectivity index (χ4n) is 8.12. The van der Waals surface area contributed by atoms with E-state index in [2.05, 4.69) is 199 Å². The Bertz CT molecular complexity index is 2980. The Morgan fingerprint density at radius 1 is 0.453 bits per heavy atom. The molecule has 0 aliphatic rings. The molecule has 0 N–H and O–H groups in total. The van der Waals surface area contributed by atoms with Gasteiger partial charge in [-0.1, -0.05) is 99.6 Å². The molecule has 0 unspecified atom stereocenters. The maximum Gasteiger partial charge on any atom is 0.0942 e. The molecule has 0 radical (unpaired) electrons. The molecule has 4 heteroatoms. The molecule has 3 aromatic heterocycles. The van der Waals surface area contributed by atoms with Crippen molar-refractivity contribution in [2.24, 2.45) is 0 Å². The van der Waals surface area contributed by atoms with Crippen LogP contribution in [-0.2, 0) is 5.41 Å². The molecular formula is C49H38N4. The number of aromatic nitrogens is 3. The van der Waals surface area contributed by atoms with Gasteiger partial charge in [0.15, 0.2) is 0 Å². The molecule has 7 aromatic carbocycles. The van der Waals surface area contributed by atoms with Gasteiger partial charge in [0.05, 0.1) is 33.3 Å². The molecular weight excluding hydrogens is 645 g/mol. The summed E-state index contributed by atoms with van der Waals surface area (Å²) in [5, 5.41) is 5.99. The maximum absolute atomic E-state index is 4.95.